The fourth-order valence-corrected chi connectivity index (χ4v) is 2.45. The van der Waals surface area contributed by atoms with Crippen molar-refractivity contribution in [3.63, 3.8) is 0 Å². The van der Waals surface area contributed by atoms with Crippen LogP contribution in [-0.4, -0.2) is 25.8 Å². The highest BCUT2D eigenvalue weighted by atomic mass is 15.3. The Bertz CT molecular complexity index is 501. The molecule has 94 valence electrons. The lowest BCUT2D eigenvalue weighted by molar-refractivity contribution is 0.258. The van der Waals surface area contributed by atoms with Crippen LogP contribution in [0, 0.1) is 5.92 Å². The molecular formula is C13H17N5. The zero-order valence-electron chi connectivity index (χ0n) is 10.2. The molecule has 18 heavy (non-hydrogen) atoms. The predicted molar refractivity (Wildman–Crippen MR) is 67.8 cm³/mol. The van der Waals surface area contributed by atoms with Gasteiger partial charge in [0.05, 0.1) is 12.2 Å². The molecule has 2 aromatic heterocycles. The lowest BCUT2D eigenvalue weighted by Gasteiger charge is -2.32. The van der Waals surface area contributed by atoms with Gasteiger partial charge in [-0.25, -0.2) is 0 Å². The Kier molecular flexibility index (Phi) is 3.06. The van der Waals surface area contributed by atoms with Crippen LogP contribution in [0.5, 0.6) is 0 Å². The summed E-state index contributed by atoms with van der Waals surface area (Å²) in [6, 6.07) is 6.33. The van der Waals surface area contributed by atoms with Gasteiger partial charge in [-0.05, 0) is 30.9 Å². The molecule has 0 bridgehead atoms. The molecule has 1 fully saturated rings. The number of aromatic nitrogens is 4. The molecule has 1 aliphatic rings. The summed E-state index contributed by atoms with van der Waals surface area (Å²) in [6.07, 6.45) is 6.78. The van der Waals surface area contributed by atoms with Crippen LogP contribution >= 0.6 is 0 Å². The average molecular weight is 243 g/mol. The quantitative estimate of drug-likeness (QED) is 0.869. The molecule has 2 aromatic rings. The third-order valence-electron chi connectivity index (χ3n) is 3.50. The van der Waals surface area contributed by atoms with Crippen LogP contribution in [0.3, 0.4) is 0 Å². The van der Waals surface area contributed by atoms with Crippen molar-refractivity contribution in [1.82, 2.24) is 19.7 Å². The van der Waals surface area contributed by atoms with Crippen LogP contribution in [0.15, 0.2) is 30.7 Å². The summed E-state index contributed by atoms with van der Waals surface area (Å²) in [5.41, 5.74) is 6.84. The van der Waals surface area contributed by atoms with Crippen molar-refractivity contribution in [1.29, 1.82) is 0 Å². The van der Waals surface area contributed by atoms with Gasteiger partial charge in [-0.1, -0.05) is 6.07 Å². The Morgan fingerprint density at radius 2 is 2.22 bits per heavy atom. The first-order valence-electron chi connectivity index (χ1n) is 6.33. The third kappa shape index (κ3) is 2.41. The predicted octanol–water partition coefficient (Wildman–Crippen LogP) is 1.00. The molecule has 0 aliphatic heterocycles. The van der Waals surface area contributed by atoms with Crippen molar-refractivity contribution in [3.8, 4) is 0 Å². The van der Waals surface area contributed by atoms with Crippen LogP contribution in [-0.2, 0) is 13.0 Å². The highest BCUT2D eigenvalue weighted by molar-refractivity contribution is 5.05. The molecule has 3 rings (SSSR count). The van der Waals surface area contributed by atoms with Crippen molar-refractivity contribution < 1.29 is 0 Å². The summed E-state index contributed by atoms with van der Waals surface area (Å²) >= 11 is 0. The van der Waals surface area contributed by atoms with Gasteiger partial charge in [0.2, 0.25) is 0 Å². The smallest absolute Gasteiger partial charge is 0.133 e. The van der Waals surface area contributed by atoms with Crippen LogP contribution in [0.2, 0.25) is 0 Å². The molecule has 0 atom stereocenters. The number of rotatable bonds is 4. The standard InChI is InChI=1S/C13H17N5/c14-11-5-10(6-11)7-13-17-16-9-18(13)8-12-3-1-2-4-15-12/h1-4,9-11H,5-8,14H2. The monoisotopic (exact) mass is 243 g/mol. The van der Waals surface area contributed by atoms with Gasteiger partial charge in [0.15, 0.2) is 0 Å². The maximum atomic E-state index is 5.81. The summed E-state index contributed by atoms with van der Waals surface area (Å²) in [7, 11) is 0. The molecule has 2 heterocycles. The number of hydrogen-bond donors (Lipinski definition) is 1. The largest absolute Gasteiger partial charge is 0.328 e. The minimum Gasteiger partial charge on any atom is -0.328 e. The lowest BCUT2D eigenvalue weighted by Crippen LogP contribution is -2.37. The molecule has 0 spiro atoms. The summed E-state index contributed by atoms with van der Waals surface area (Å²) < 4.78 is 2.08. The van der Waals surface area contributed by atoms with Gasteiger partial charge in [0, 0.05) is 18.7 Å². The SMILES string of the molecule is NC1CC(Cc2nncn2Cc2ccccn2)C1. The van der Waals surface area contributed by atoms with Crippen LogP contribution in [0.4, 0.5) is 0 Å². The lowest BCUT2D eigenvalue weighted by atomic mass is 9.79. The summed E-state index contributed by atoms with van der Waals surface area (Å²) in [5.74, 6) is 1.71. The van der Waals surface area contributed by atoms with Crippen molar-refractivity contribution in [2.24, 2.45) is 11.7 Å². The van der Waals surface area contributed by atoms with Gasteiger partial charge < -0.3 is 10.3 Å². The van der Waals surface area contributed by atoms with Gasteiger partial charge in [-0.3, -0.25) is 4.98 Å². The molecule has 5 nitrogen and oxygen atoms in total. The Hall–Kier alpha value is -1.75. The fraction of sp³-hybridized carbons (Fsp3) is 0.462. The normalized spacial score (nSPS) is 22.7. The molecule has 0 aromatic carbocycles. The fourth-order valence-electron chi connectivity index (χ4n) is 2.45. The second kappa shape index (κ2) is 4.86. The highest BCUT2D eigenvalue weighted by Gasteiger charge is 2.27. The Morgan fingerprint density at radius 3 is 2.94 bits per heavy atom. The Balaban J connectivity index is 1.68. The van der Waals surface area contributed by atoms with E-state index < -0.39 is 0 Å². The first-order valence-corrected chi connectivity index (χ1v) is 6.33. The molecule has 0 saturated heterocycles. The average Bonchev–Trinajstić information content (AvgIpc) is 2.76. The van der Waals surface area contributed by atoms with E-state index in [-0.39, 0.29) is 0 Å². The molecule has 1 saturated carbocycles. The Morgan fingerprint density at radius 1 is 1.33 bits per heavy atom. The minimum absolute atomic E-state index is 0.391. The van der Waals surface area contributed by atoms with E-state index in [9.17, 15) is 0 Å². The molecule has 2 N–H and O–H groups in total. The van der Waals surface area contributed by atoms with Crippen LogP contribution < -0.4 is 5.73 Å². The van der Waals surface area contributed by atoms with Crippen molar-refractivity contribution in [2.75, 3.05) is 0 Å². The highest BCUT2D eigenvalue weighted by Crippen LogP contribution is 2.28. The van der Waals surface area contributed by atoms with Crippen molar-refractivity contribution in [3.05, 3.63) is 42.2 Å². The minimum atomic E-state index is 0.391. The van der Waals surface area contributed by atoms with E-state index in [1.165, 1.54) is 0 Å². The molecule has 0 radical (unpaired) electrons. The molecule has 5 heteroatoms. The zero-order chi connectivity index (χ0) is 12.4. The number of hydrogen-bond acceptors (Lipinski definition) is 4. The number of pyridine rings is 1. The molecule has 1 aliphatic carbocycles. The first kappa shape index (κ1) is 11.3. The summed E-state index contributed by atoms with van der Waals surface area (Å²) in [4.78, 5) is 4.32. The maximum Gasteiger partial charge on any atom is 0.133 e. The van der Waals surface area contributed by atoms with E-state index in [4.69, 9.17) is 5.73 Å². The second-order valence-electron chi connectivity index (χ2n) is 5.00. The van der Waals surface area contributed by atoms with E-state index >= 15 is 0 Å². The van der Waals surface area contributed by atoms with E-state index in [0.717, 1.165) is 37.3 Å². The van der Waals surface area contributed by atoms with Gasteiger partial charge in [-0.15, -0.1) is 10.2 Å². The van der Waals surface area contributed by atoms with Crippen molar-refractivity contribution >= 4 is 0 Å². The summed E-state index contributed by atoms with van der Waals surface area (Å²) in [5, 5.41) is 8.21. The third-order valence-corrected chi connectivity index (χ3v) is 3.50. The number of nitrogens with zero attached hydrogens (tertiary/aromatic N) is 4. The second-order valence-corrected chi connectivity index (χ2v) is 5.00. The van der Waals surface area contributed by atoms with Gasteiger partial charge >= 0.3 is 0 Å². The van der Waals surface area contributed by atoms with Crippen molar-refractivity contribution in [2.45, 2.75) is 31.8 Å². The maximum absolute atomic E-state index is 5.81. The van der Waals surface area contributed by atoms with E-state index in [0.29, 0.717) is 12.0 Å². The zero-order valence-corrected chi connectivity index (χ0v) is 10.2. The molecular weight excluding hydrogens is 226 g/mol. The first-order chi connectivity index (χ1) is 8.81. The van der Waals surface area contributed by atoms with E-state index in [2.05, 4.69) is 19.7 Å². The Labute approximate surface area is 106 Å². The molecule has 0 amide bonds. The van der Waals surface area contributed by atoms with Crippen LogP contribution in [0.25, 0.3) is 0 Å². The van der Waals surface area contributed by atoms with Gasteiger partial charge in [-0.2, -0.15) is 0 Å². The molecule has 0 unspecified atom stereocenters. The van der Waals surface area contributed by atoms with E-state index in [1.54, 1.807) is 6.33 Å². The topological polar surface area (TPSA) is 69.6 Å². The summed E-state index contributed by atoms with van der Waals surface area (Å²) in [6.45, 7) is 0.738. The van der Waals surface area contributed by atoms with E-state index in [1.807, 2.05) is 24.4 Å². The number of nitrogens with two attached hydrogens (primary N) is 1. The van der Waals surface area contributed by atoms with Gasteiger partial charge in [0.1, 0.15) is 12.2 Å². The van der Waals surface area contributed by atoms with Gasteiger partial charge in [0.25, 0.3) is 0 Å². The van der Waals surface area contributed by atoms with Crippen LogP contribution in [0.1, 0.15) is 24.4 Å².